The molecule has 1 aromatic rings. The first kappa shape index (κ1) is 9.69. The first-order chi connectivity index (χ1) is 6.79. The Morgan fingerprint density at radius 2 is 1.64 bits per heavy atom. The number of rotatable bonds is 2. The average molecular weight is 191 g/mol. The van der Waals surface area contributed by atoms with Crippen LogP contribution in [0.5, 0.6) is 0 Å². The number of benzene rings is 1. The molecule has 0 amide bonds. The summed E-state index contributed by atoms with van der Waals surface area (Å²) in [5.74, 6) is 0. The number of quaternary nitrogens is 1. The van der Waals surface area contributed by atoms with E-state index in [4.69, 9.17) is 0 Å². The minimum atomic E-state index is -0.00991. The normalized spacial score (nSPS) is 20.6. The van der Waals surface area contributed by atoms with Crippen LogP contribution in [0.1, 0.15) is 24.8 Å². The van der Waals surface area contributed by atoms with Crippen LogP contribution in [0, 0.1) is 5.21 Å². The second-order valence-electron chi connectivity index (χ2n) is 4.21. The van der Waals surface area contributed by atoms with E-state index in [1.807, 2.05) is 30.3 Å². The lowest BCUT2D eigenvalue weighted by molar-refractivity contribution is -0.898. The quantitative estimate of drug-likeness (QED) is 0.520. The minimum absolute atomic E-state index is 0.00991. The van der Waals surface area contributed by atoms with Crippen LogP contribution in [0.15, 0.2) is 30.3 Å². The van der Waals surface area contributed by atoms with Crippen LogP contribution < -0.4 is 0 Å². The van der Waals surface area contributed by atoms with E-state index >= 15 is 0 Å². The van der Waals surface area contributed by atoms with Gasteiger partial charge in [0.1, 0.15) is 6.54 Å². The van der Waals surface area contributed by atoms with E-state index in [0.717, 1.165) is 25.9 Å². The second-order valence-corrected chi connectivity index (χ2v) is 4.21. The molecule has 0 aromatic heterocycles. The van der Waals surface area contributed by atoms with Gasteiger partial charge in [-0.05, 0) is 19.3 Å². The van der Waals surface area contributed by atoms with Gasteiger partial charge in [-0.15, -0.1) is 0 Å². The van der Waals surface area contributed by atoms with Crippen LogP contribution in [0.25, 0.3) is 0 Å². The Hall–Kier alpha value is -0.860. The van der Waals surface area contributed by atoms with Crippen molar-refractivity contribution in [1.29, 1.82) is 0 Å². The van der Waals surface area contributed by atoms with E-state index in [1.165, 1.54) is 12.0 Å². The minimum Gasteiger partial charge on any atom is -0.633 e. The predicted molar refractivity (Wildman–Crippen MR) is 57.4 cm³/mol. The van der Waals surface area contributed by atoms with Crippen molar-refractivity contribution in [2.45, 2.75) is 25.8 Å². The number of piperidine rings is 1. The fourth-order valence-electron chi connectivity index (χ4n) is 2.16. The summed E-state index contributed by atoms with van der Waals surface area (Å²) in [5.41, 5.74) is 1.17. The lowest BCUT2D eigenvalue weighted by atomic mass is 10.1. The highest BCUT2D eigenvalue weighted by atomic mass is 16.5. The van der Waals surface area contributed by atoms with Gasteiger partial charge in [-0.2, -0.15) is 0 Å². The number of hydroxylamine groups is 3. The van der Waals surface area contributed by atoms with Crippen molar-refractivity contribution in [1.82, 2.24) is 0 Å². The molecule has 2 heteroatoms. The van der Waals surface area contributed by atoms with Crippen molar-refractivity contribution in [3.05, 3.63) is 41.1 Å². The standard InChI is InChI=1S/C12H17NO/c14-13(9-5-2-6-10-13)11-12-7-3-1-4-8-12/h1,3-4,7-8H,2,5-6,9-11H2. The fraction of sp³-hybridized carbons (Fsp3) is 0.500. The fourth-order valence-corrected chi connectivity index (χ4v) is 2.16. The van der Waals surface area contributed by atoms with Gasteiger partial charge in [-0.3, -0.25) is 0 Å². The van der Waals surface area contributed by atoms with E-state index in [0.29, 0.717) is 6.54 Å². The molecule has 76 valence electrons. The molecule has 1 heterocycles. The Morgan fingerprint density at radius 3 is 2.29 bits per heavy atom. The molecule has 0 unspecified atom stereocenters. The van der Waals surface area contributed by atoms with E-state index < -0.39 is 0 Å². The first-order valence-corrected chi connectivity index (χ1v) is 5.40. The molecular weight excluding hydrogens is 174 g/mol. The van der Waals surface area contributed by atoms with Gasteiger partial charge in [0, 0.05) is 5.56 Å². The molecule has 2 rings (SSSR count). The smallest absolute Gasteiger partial charge is 0.104 e. The van der Waals surface area contributed by atoms with E-state index in [9.17, 15) is 5.21 Å². The third-order valence-corrected chi connectivity index (χ3v) is 2.94. The van der Waals surface area contributed by atoms with E-state index in [-0.39, 0.29) is 4.65 Å². The van der Waals surface area contributed by atoms with Crippen LogP contribution in [0.2, 0.25) is 0 Å². The Morgan fingerprint density at radius 1 is 1.00 bits per heavy atom. The Kier molecular flexibility index (Phi) is 2.85. The Labute approximate surface area is 85.3 Å². The first-order valence-electron chi connectivity index (χ1n) is 5.40. The SMILES string of the molecule is [O-][N+]1(Cc2ccccc2)CCCCC1. The summed E-state index contributed by atoms with van der Waals surface area (Å²) in [6.45, 7) is 2.25. The molecule has 0 radical (unpaired) electrons. The molecule has 1 fully saturated rings. The van der Waals surface area contributed by atoms with Gasteiger partial charge in [-0.1, -0.05) is 30.3 Å². The monoisotopic (exact) mass is 191 g/mol. The Bertz CT molecular complexity index is 278. The summed E-state index contributed by atoms with van der Waals surface area (Å²) in [6.07, 6.45) is 3.42. The molecule has 0 atom stereocenters. The van der Waals surface area contributed by atoms with Crippen molar-refractivity contribution in [3.63, 3.8) is 0 Å². The lowest BCUT2D eigenvalue weighted by Crippen LogP contribution is -2.45. The summed E-state index contributed by atoms with van der Waals surface area (Å²) < 4.78 is -0.00991. The van der Waals surface area contributed by atoms with Gasteiger partial charge in [0.15, 0.2) is 0 Å². The summed E-state index contributed by atoms with van der Waals surface area (Å²) in [5, 5.41) is 12.2. The molecule has 0 bridgehead atoms. The van der Waals surface area contributed by atoms with Crippen molar-refractivity contribution in [2.24, 2.45) is 0 Å². The predicted octanol–water partition coefficient (Wildman–Crippen LogP) is 2.69. The van der Waals surface area contributed by atoms with Crippen molar-refractivity contribution >= 4 is 0 Å². The topological polar surface area (TPSA) is 23.1 Å². The number of hydrogen-bond donors (Lipinski definition) is 0. The molecule has 2 nitrogen and oxygen atoms in total. The third kappa shape index (κ3) is 2.34. The zero-order chi connectivity index (χ0) is 9.86. The average Bonchev–Trinajstić information content (AvgIpc) is 2.19. The molecule has 1 aliphatic rings. The lowest BCUT2D eigenvalue weighted by Gasteiger charge is -2.45. The molecular formula is C12H17NO. The molecule has 0 spiro atoms. The van der Waals surface area contributed by atoms with E-state index in [2.05, 4.69) is 0 Å². The molecule has 0 saturated carbocycles. The third-order valence-electron chi connectivity index (χ3n) is 2.94. The zero-order valence-corrected chi connectivity index (χ0v) is 8.48. The van der Waals surface area contributed by atoms with Crippen molar-refractivity contribution in [3.8, 4) is 0 Å². The van der Waals surface area contributed by atoms with Crippen LogP contribution in [-0.4, -0.2) is 17.7 Å². The van der Waals surface area contributed by atoms with Crippen LogP contribution >= 0.6 is 0 Å². The highest BCUT2D eigenvalue weighted by Gasteiger charge is 2.20. The maximum absolute atomic E-state index is 12.2. The summed E-state index contributed by atoms with van der Waals surface area (Å²) in [4.78, 5) is 0. The molecule has 1 aromatic carbocycles. The maximum atomic E-state index is 12.2. The molecule has 0 N–H and O–H groups in total. The van der Waals surface area contributed by atoms with E-state index in [1.54, 1.807) is 0 Å². The largest absolute Gasteiger partial charge is 0.633 e. The zero-order valence-electron chi connectivity index (χ0n) is 8.48. The molecule has 14 heavy (non-hydrogen) atoms. The Balaban J connectivity index is 2.02. The van der Waals surface area contributed by atoms with Gasteiger partial charge in [0.25, 0.3) is 0 Å². The van der Waals surface area contributed by atoms with Gasteiger partial charge < -0.3 is 9.85 Å². The highest BCUT2D eigenvalue weighted by molar-refractivity contribution is 5.13. The van der Waals surface area contributed by atoms with Gasteiger partial charge >= 0.3 is 0 Å². The van der Waals surface area contributed by atoms with Crippen molar-refractivity contribution in [2.75, 3.05) is 13.1 Å². The highest BCUT2D eigenvalue weighted by Crippen LogP contribution is 2.20. The summed E-state index contributed by atoms with van der Waals surface area (Å²) in [6, 6.07) is 10.1. The second kappa shape index (κ2) is 4.11. The van der Waals surface area contributed by atoms with Crippen molar-refractivity contribution < 1.29 is 4.65 Å². The maximum Gasteiger partial charge on any atom is 0.104 e. The van der Waals surface area contributed by atoms with Crippen LogP contribution in [-0.2, 0) is 6.54 Å². The van der Waals surface area contributed by atoms with Crippen LogP contribution in [0.4, 0.5) is 0 Å². The summed E-state index contributed by atoms with van der Waals surface area (Å²) in [7, 11) is 0. The molecule has 1 saturated heterocycles. The van der Waals surface area contributed by atoms with Crippen LogP contribution in [0.3, 0.4) is 0 Å². The number of hydrogen-bond acceptors (Lipinski definition) is 1. The van der Waals surface area contributed by atoms with Gasteiger partial charge in [-0.25, -0.2) is 0 Å². The number of nitrogens with zero attached hydrogens (tertiary/aromatic N) is 1. The van der Waals surface area contributed by atoms with Gasteiger partial charge in [0.05, 0.1) is 13.1 Å². The molecule has 0 aliphatic carbocycles. The number of likely N-dealkylation sites (tertiary alicyclic amines) is 1. The molecule has 1 aliphatic heterocycles. The summed E-state index contributed by atoms with van der Waals surface area (Å²) >= 11 is 0. The van der Waals surface area contributed by atoms with Gasteiger partial charge in [0.2, 0.25) is 0 Å².